The molecule has 130 heavy (non-hydrogen) atoms. The smallest absolute Gasteiger partial charge is 0.330 e. The number of hydrogen-bond acceptors (Lipinski definition) is 32. The van der Waals surface area contributed by atoms with E-state index in [9.17, 15) is 90.7 Å². The van der Waals surface area contributed by atoms with Gasteiger partial charge in [0, 0.05) is 48.3 Å². The number of phenolic OH excluding ortho intramolecular Hbond substituents is 3. The third-order valence-electron chi connectivity index (χ3n) is 23.2. The lowest BCUT2D eigenvalue weighted by molar-refractivity contribution is -0.334. The number of carbonyl (C=O) groups excluding carboxylic acids is 8. The number of aromatic hydroxyl groups is 3. The van der Waals surface area contributed by atoms with Crippen LogP contribution in [0.15, 0.2) is 115 Å². The summed E-state index contributed by atoms with van der Waals surface area (Å²) in [5.41, 5.74) is 1.50. The van der Waals surface area contributed by atoms with E-state index in [1.165, 1.54) is 19.2 Å². The molecule has 41 nitrogen and oxygen atoms in total. The number of carbonyl (C=O) groups is 9. The molecule has 8 amide bonds. The molecule has 22 atom stereocenters. The van der Waals surface area contributed by atoms with E-state index in [4.69, 9.17) is 62.5 Å². The van der Waals surface area contributed by atoms with E-state index in [0.29, 0.717) is 0 Å². The van der Waals surface area contributed by atoms with Gasteiger partial charge in [-0.1, -0.05) is 91.6 Å². The zero-order valence-corrected chi connectivity index (χ0v) is 71.9. The molecule has 7 heterocycles. The van der Waals surface area contributed by atoms with Crippen LogP contribution in [0.3, 0.4) is 0 Å². The molecule has 14 rings (SSSR count). The molecule has 27 N–H and O–H groups in total. The number of nitrogens with one attached hydrogen (secondary N) is 10. The number of ether oxygens (including phenoxy) is 6. The molecular weight excluding hydrogens is 1750 g/mol. The van der Waals surface area contributed by atoms with Gasteiger partial charge in [-0.2, -0.15) is 0 Å². The molecule has 0 aliphatic carbocycles. The fraction of sp³-hybridized carbons (Fsp3) is 0.437. The molecular formula is C87H103Cl2N11O30. The number of primary amides is 1. The maximum absolute atomic E-state index is 16.5. The summed E-state index contributed by atoms with van der Waals surface area (Å²) in [7, 11) is 1.46. The van der Waals surface area contributed by atoms with Gasteiger partial charge >= 0.3 is 5.97 Å². The summed E-state index contributed by atoms with van der Waals surface area (Å²) in [4.78, 5) is 133. The number of amides is 8. The van der Waals surface area contributed by atoms with Crippen LogP contribution >= 0.6 is 23.2 Å². The Morgan fingerprint density at radius 2 is 1.30 bits per heavy atom. The van der Waals surface area contributed by atoms with E-state index in [-0.39, 0.29) is 61.7 Å². The Morgan fingerprint density at radius 3 is 1.93 bits per heavy atom. The van der Waals surface area contributed by atoms with Crippen LogP contribution in [0.2, 0.25) is 10.0 Å². The lowest BCUT2D eigenvalue weighted by atomic mass is 9.84. The monoisotopic (exact) mass is 1850 g/mol. The van der Waals surface area contributed by atoms with Crippen LogP contribution in [-0.2, 0) is 70.5 Å². The second-order valence-corrected chi connectivity index (χ2v) is 33.7. The average molecular weight is 1850 g/mol. The first-order valence-corrected chi connectivity index (χ1v) is 42.2. The van der Waals surface area contributed by atoms with Gasteiger partial charge in [0.15, 0.2) is 36.0 Å². The standard InChI is InChI=1S/C87H103Cl2N11O30/c1-35(2)21-49(91-5)78(116)99-65-67(107)41-14-17-54(47(88)24-41)126-56-26-43-27-57(75(56)130-86-76(73(113)71(111)58(34-102)128-86)129-60-30-87(4,77(115)36(3)125-60)94-31-37-11-12-38-9-6-7-10-39(38)22-37)127-55-18-15-42(25-48(55)89)68(108)66-83(121)98-64(85(123)124)45-28-52(104)46(32-92-19-8-20-93-84(122)74(114)72(112)70(110)53(105)33-101)69(109)61(45)44-23-40(13-16-51(44)103)62(80(118)100-66)97-81(119)63(43)96-79(117)50(29-59(90)106)95-82(65)120/h6-7,9-18,22-28,35-36,49-50,53,58,60,62-68,70-74,76-77,86,91-92,94,101-105,107-115H,8,19-21,29-34H2,1-5H3,(H2,90,106)(H,93,122)(H,95,120)(H,96,117)(H,97,119)(H,98,121)(H,99,116)(H,100,118)(H,123,124)/t36-,49+,50-,53+,58+,60-,62+,63+,64-,65+,66-,67+,68+,70+,71+,72-,73-,74+,76+,77+,86-,87-/m0/s1. The predicted octanol–water partition coefficient (Wildman–Crippen LogP) is -0.878. The fourth-order valence-electron chi connectivity index (χ4n) is 16.0. The van der Waals surface area contributed by atoms with Gasteiger partial charge in [0.2, 0.25) is 53.4 Å². The number of carboxylic acid groups (broad SMARTS) is 1. The number of hydrogen-bond donors (Lipinski definition) is 26. The summed E-state index contributed by atoms with van der Waals surface area (Å²) in [5.74, 6) is -18.3. The van der Waals surface area contributed by atoms with Crippen molar-refractivity contribution in [3.05, 3.63) is 164 Å². The SMILES string of the molecule is CN[C@H](CC(C)C)C(=O)N[C@H]1C(=O)N[C@@H](CC(N)=O)C(=O)N[C@H]2C(=O)N[C@H]3C(=O)N[C@H](C(=O)N[C@H](C(=O)O)c4cc(O)c(CNCCCNC(=O)[C@H](O)[C@@H](O)[C@H](O)[C@H](O)CO)c(O)c4-c4cc3ccc4O)[C@H](O)c3ccc(c(Cl)c3)Oc3cc2cc(c3O[C@@H]2O[C@H](CO)[C@@H](O)[C@H](O)[C@H]2O[C@H]2C[C@](C)(NCc3ccc4ccccc4c3)[C@H](O)[C@H](C)O2)Oc2ccc(cc2Cl)[C@H]1O. The highest BCUT2D eigenvalue weighted by molar-refractivity contribution is 6.32. The van der Waals surface area contributed by atoms with Crippen molar-refractivity contribution in [2.45, 2.75) is 200 Å². The molecule has 7 aromatic rings. The first-order valence-electron chi connectivity index (χ1n) is 41.4. The molecule has 0 saturated carbocycles. The maximum atomic E-state index is 16.5. The van der Waals surface area contributed by atoms with E-state index in [0.717, 1.165) is 77.0 Å². The lowest BCUT2D eigenvalue weighted by Gasteiger charge is -2.48. The Hall–Kier alpha value is -11.3. The highest BCUT2D eigenvalue weighted by Crippen LogP contribution is 2.51. The van der Waals surface area contributed by atoms with Crippen LogP contribution in [0.1, 0.15) is 123 Å². The van der Waals surface area contributed by atoms with Crippen molar-refractivity contribution in [3.8, 4) is 57.1 Å². The molecule has 7 aliphatic rings. The Bertz CT molecular complexity index is 5390. The number of aliphatic hydroxyl groups is 11. The highest BCUT2D eigenvalue weighted by atomic mass is 35.5. The van der Waals surface area contributed by atoms with Crippen molar-refractivity contribution in [2.75, 3.05) is 33.4 Å². The topological polar surface area (TPSA) is 659 Å². The molecule has 0 unspecified atom stereocenters. The van der Waals surface area contributed by atoms with E-state index in [2.05, 4.69) is 53.2 Å². The summed E-state index contributed by atoms with van der Waals surface area (Å²) >= 11 is 14.4. The molecule has 7 aliphatic heterocycles. The van der Waals surface area contributed by atoms with Gasteiger partial charge in [-0.3, -0.25) is 38.4 Å². The average Bonchev–Trinajstić information content (AvgIpc) is 0.733. The van der Waals surface area contributed by atoms with Crippen molar-refractivity contribution < 1.29 is 148 Å². The van der Waals surface area contributed by atoms with Crippen LogP contribution in [0.4, 0.5) is 0 Å². The second-order valence-electron chi connectivity index (χ2n) is 32.9. The van der Waals surface area contributed by atoms with Gasteiger partial charge in [-0.25, -0.2) is 4.79 Å². The van der Waals surface area contributed by atoms with Gasteiger partial charge in [0.1, 0.15) is 108 Å². The summed E-state index contributed by atoms with van der Waals surface area (Å²) in [6.07, 6.45) is -27.7. The normalized spacial score (nSPS) is 26.5. The molecule has 2 saturated heterocycles. The zero-order valence-electron chi connectivity index (χ0n) is 70.4. The van der Waals surface area contributed by atoms with E-state index < -0.39 is 297 Å². The van der Waals surface area contributed by atoms with Crippen LogP contribution in [-0.4, -0.2) is 267 Å². The maximum Gasteiger partial charge on any atom is 0.330 e. The van der Waals surface area contributed by atoms with Crippen LogP contribution in [0.5, 0.6) is 46.0 Å². The molecule has 43 heteroatoms. The molecule has 0 radical (unpaired) electrons. The minimum Gasteiger partial charge on any atom is -0.507 e. The van der Waals surface area contributed by atoms with E-state index in [1.807, 2.05) is 42.5 Å². The molecule has 7 aromatic carbocycles. The number of aliphatic hydroxyl groups excluding tert-OH is 11. The minimum absolute atomic E-state index is 0.0168. The first-order chi connectivity index (χ1) is 61.7. The van der Waals surface area contributed by atoms with Gasteiger partial charge in [-0.15, -0.1) is 0 Å². The number of nitrogens with two attached hydrogens (primary N) is 1. The predicted molar refractivity (Wildman–Crippen MR) is 456 cm³/mol. The summed E-state index contributed by atoms with van der Waals surface area (Å²) in [6.45, 7) is 4.15. The van der Waals surface area contributed by atoms with Crippen molar-refractivity contribution in [1.29, 1.82) is 0 Å². The molecule has 0 aromatic heterocycles. The number of aliphatic carboxylic acids is 1. The Balaban J connectivity index is 1.02. The number of likely N-dealkylation sites (N-methyl/N-ethyl adjacent to an activating group) is 1. The van der Waals surface area contributed by atoms with E-state index in [1.54, 1.807) is 27.7 Å². The Labute approximate surface area is 751 Å². The van der Waals surface area contributed by atoms with Gasteiger partial charge in [0.25, 0.3) is 5.91 Å². The quantitative estimate of drug-likeness (QED) is 0.0278. The Kier molecular flexibility index (Phi) is 31.5. The van der Waals surface area contributed by atoms with Crippen molar-refractivity contribution in [3.63, 3.8) is 0 Å². The molecule has 0 spiro atoms. The first kappa shape index (κ1) is 97.8. The van der Waals surface area contributed by atoms with Crippen molar-refractivity contribution in [2.24, 2.45) is 11.7 Å². The van der Waals surface area contributed by atoms with Crippen LogP contribution in [0, 0.1) is 5.92 Å². The number of benzene rings is 7. The number of carboxylic acids is 1. The van der Waals surface area contributed by atoms with Gasteiger partial charge in [0.05, 0.1) is 53.5 Å². The van der Waals surface area contributed by atoms with Crippen molar-refractivity contribution >= 4 is 87.2 Å². The second kappa shape index (κ2) is 41.9. The minimum atomic E-state index is -2.44. The number of phenols is 3. The number of rotatable bonds is 27. The summed E-state index contributed by atoms with van der Waals surface area (Å²) < 4.78 is 39.6. The zero-order chi connectivity index (χ0) is 94.3. The fourth-order valence-corrected chi connectivity index (χ4v) is 16.4. The van der Waals surface area contributed by atoms with Gasteiger partial charge < -0.3 is 164 Å². The molecule has 700 valence electrons. The van der Waals surface area contributed by atoms with Crippen LogP contribution < -0.4 is 73.1 Å². The third kappa shape index (κ3) is 21.8. The largest absolute Gasteiger partial charge is 0.507 e. The summed E-state index contributed by atoms with van der Waals surface area (Å²) in [6, 6.07) is 11.0. The van der Waals surface area contributed by atoms with Crippen molar-refractivity contribution in [1.82, 2.24) is 53.2 Å². The number of fused-ring (bicyclic) bond motifs is 16. The highest BCUT2D eigenvalue weighted by Gasteiger charge is 2.53. The summed E-state index contributed by atoms with van der Waals surface area (Å²) in [5, 5.41) is 196. The third-order valence-corrected chi connectivity index (χ3v) is 23.8. The van der Waals surface area contributed by atoms with Gasteiger partial charge in [-0.05, 0) is 145 Å². The number of halogens is 2. The molecule has 2 fully saturated rings. The molecule has 11 bridgehead atoms. The van der Waals surface area contributed by atoms with Crippen LogP contribution in [0.25, 0.3) is 21.9 Å². The lowest BCUT2D eigenvalue weighted by Crippen LogP contribution is -2.65. The van der Waals surface area contributed by atoms with E-state index >= 15 is 24.0 Å². The Morgan fingerprint density at radius 1 is 0.662 bits per heavy atom.